The third-order valence-electron chi connectivity index (χ3n) is 3.34. The van der Waals surface area contributed by atoms with Gasteiger partial charge in [0.15, 0.2) is 0 Å². The summed E-state index contributed by atoms with van der Waals surface area (Å²) in [6.45, 7) is 4.34. The fourth-order valence-electron chi connectivity index (χ4n) is 2.57. The maximum Gasteiger partial charge on any atom is 0.221 e. The summed E-state index contributed by atoms with van der Waals surface area (Å²) in [7, 11) is 0. The minimum atomic E-state index is -0.236. The molecule has 0 radical (unpaired) electrons. The molecule has 0 unspecified atom stereocenters. The van der Waals surface area contributed by atoms with Crippen molar-refractivity contribution in [3.8, 4) is 0 Å². The Morgan fingerprint density at radius 3 is 2.50 bits per heavy atom. The summed E-state index contributed by atoms with van der Waals surface area (Å²) < 4.78 is 0. The average Bonchev–Trinajstić information content (AvgIpc) is 2.62. The highest BCUT2D eigenvalue weighted by Gasteiger charge is 2.16. The summed E-state index contributed by atoms with van der Waals surface area (Å²) in [5, 5.41) is 0. The number of fused-ring (bicyclic) bond motifs is 1. The van der Waals surface area contributed by atoms with Crippen molar-refractivity contribution in [2.24, 2.45) is 5.73 Å². The van der Waals surface area contributed by atoms with Crippen molar-refractivity contribution in [1.82, 2.24) is 0 Å². The third kappa shape index (κ3) is 2.11. The van der Waals surface area contributed by atoms with Gasteiger partial charge >= 0.3 is 0 Å². The van der Waals surface area contributed by atoms with Crippen molar-refractivity contribution in [2.45, 2.75) is 45.4 Å². The van der Waals surface area contributed by atoms with Gasteiger partial charge in [-0.05, 0) is 47.4 Å². The standard InChI is InChI=1S/C14H19NO/c1-9(2)13-7-11-5-3-4-10(11)6-12(13)8-14(15)16/h6-7,9H,3-5,8H2,1-2H3,(H2,15,16). The van der Waals surface area contributed by atoms with E-state index in [1.54, 1.807) is 0 Å². The highest BCUT2D eigenvalue weighted by Crippen LogP contribution is 2.29. The van der Waals surface area contributed by atoms with Gasteiger partial charge in [0.2, 0.25) is 5.91 Å². The predicted octanol–water partition coefficient (Wildman–Crippen LogP) is 2.33. The highest BCUT2D eigenvalue weighted by atomic mass is 16.1. The summed E-state index contributed by atoms with van der Waals surface area (Å²) in [5.74, 6) is 0.222. The Labute approximate surface area is 96.8 Å². The number of rotatable bonds is 3. The molecule has 0 saturated carbocycles. The molecular formula is C14H19NO. The van der Waals surface area contributed by atoms with Gasteiger partial charge in [-0.25, -0.2) is 0 Å². The minimum Gasteiger partial charge on any atom is -0.369 e. The number of hydrogen-bond acceptors (Lipinski definition) is 1. The second kappa shape index (κ2) is 4.28. The lowest BCUT2D eigenvalue weighted by atomic mass is 9.91. The SMILES string of the molecule is CC(C)c1cc2c(cc1CC(N)=O)CCC2. The molecule has 0 spiro atoms. The van der Waals surface area contributed by atoms with E-state index in [1.165, 1.54) is 29.5 Å². The lowest BCUT2D eigenvalue weighted by Crippen LogP contribution is -2.15. The zero-order valence-electron chi connectivity index (χ0n) is 10.0. The Hall–Kier alpha value is -1.31. The van der Waals surface area contributed by atoms with E-state index in [0.29, 0.717) is 12.3 Å². The molecule has 0 atom stereocenters. The van der Waals surface area contributed by atoms with Crippen LogP contribution in [0.3, 0.4) is 0 Å². The maximum atomic E-state index is 11.1. The molecule has 0 saturated heterocycles. The summed E-state index contributed by atoms with van der Waals surface area (Å²) in [5.41, 5.74) is 10.6. The molecule has 0 heterocycles. The van der Waals surface area contributed by atoms with Crippen molar-refractivity contribution < 1.29 is 4.79 Å². The Bertz CT molecular complexity index is 421. The lowest BCUT2D eigenvalue weighted by molar-refractivity contribution is -0.117. The largest absolute Gasteiger partial charge is 0.369 e. The van der Waals surface area contributed by atoms with Crippen LogP contribution in [0.25, 0.3) is 0 Å². The van der Waals surface area contributed by atoms with E-state index in [-0.39, 0.29) is 5.91 Å². The number of carbonyl (C=O) groups excluding carboxylic acids is 1. The number of amides is 1. The molecule has 1 aliphatic rings. The first-order chi connectivity index (χ1) is 7.58. The molecule has 2 heteroatoms. The van der Waals surface area contributed by atoms with Crippen LogP contribution in [0.2, 0.25) is 0 Å². The van der Waals surface area contributed by atoms with Gasteiger partial charge < -0.3 is 5.73 Å². The normalized spacial score (nSPS) is 14.2. The molecule has 1 aromatic rings. The average molecular weight is 217 g/mol. The van der Waals surface area contributed by atoms with E-state index < -0.39 is 0 Å². The van der Waals surface area contributed by atoms with Gasteiger partial charge in [-0.15, -0.1) is 0 Å². The van der Waals surface area contributed by atoms with E-state index >= 15 is 0 Å². The lowest BCUT2D eigenvalue weighted by Gasteiger charge is -2.14. The Morgan fingerprint density at radius 2 is 1.94 bits per heavy atom. The van der Waals surface area contributed by atoms with Crippen LogP contribution >= 0.6 is 0 Å². The Morgan fingerprint density at radius 1 is 1.31 bits per heavy atom. The Balaban J connectivity index is 2.44. The number of nitrogens with two attached hydrogens (primary N) is 1. The van der Waals surface area contributed by atoms with Crippen molar-refractivity contribution in [3.63, 3.8) is 0 Å². The van der Waals surface area contributed by atoms with Crippen LogP contribution in [-0.4, -0.2) is 5.91 Å². The van der Waals surface area contributed by atoms with Crippen LogP contribution in [-0.2, 0) is 24.1 Å². The first kappa shape index (κ1) is 11.2. The fourth-order valence-corrected chi connectivity index (χ4v) is 2.57. The van der Waals surface area contributed by atoms with Crippen LogP contribution < -0.4 is 5.73 Å². The molecule has 0 bridgehead atoms. The molecular weight excluding hydrogens is 198 g/mol. The van der Waals surface area contributed by atoms with Gasteiger partial charge in [0, 0.05) is 0 Å². The first-order valence-corrected chi connectivity index (χ1v) is 6.01. The molecule has 0 aromatic heterocycles. The molecule has 0 fully saturated rings. The Kier molecular flexibility index (Phi) is 2.99. The molecule has 86 valence electrons. The fraction of sp³-hybridized carbons (Fsp3) is 0.500. The predicted molar refractivity (Wildman–Crippen MR) is 65.5 cm³/mol. The zero-order chi connectivity index (χ0) is 11.7. The van der Waals surface area contributed by atoms with Crippen LogP contribution in [0, 0.1) is 0 Å². The van der Waals surface area contributed by atoms with Crippen molar-refractivity contribution in [3.05, 3.63) is 34.4 Å². The van der Waals surface area contributed by atoms with E-state index in [0.717, 1.165) is 12.0 Å². The molecule has 16 heavy (non-hydrogen) atoms. The van der Waals surface area contributed by atoms with E-state index in [4.69, 9.17) is 5.73 Å². The number of aryl methyl sites for hydroxylation is 2. The smallest absolute Gasteiger partial charge is 0.221 e. The van der Waals surface area contributed by atoms with E-state index in [2.05, 4.69) is 26.0 Å². The molecule has 0 aliphatic heterocycles. The molecule has 2 rings (SSSR count). The molecule has 2 nitrogen and oxygen atoms in total. The van der Waals surface area contributed by atoms with Crippen LogP contribution in [0.4, 0.5) is 0 Å². The second-order valence-corrected chi connectivity index (χ2v) is 4.97. The molecule has 1 aliphatic carbocycles. The third-order valence-corrected chi connectivity index (χ3v) is 3.34. The first-order valence-electron chi connectivity index (χ1n) is 6.01. The summed E-state index contributed by atoms with van der Waals surface area (Å²) in [4.78, 5) is 11.1. The van der Waals surface area contributed by atoms with Gasteiger partial charge in [-0.1, -0.05) is 26.0 Å². The van der Waals surface area contributed by atoms with Gasteiger partial charge in [0.25, 0.3) is 0 Å². The van der Waals surface area contributed by atoms with Gasteiger partial charge in [0.1, 0.15) is 0 Å². The van der Waals surface area contributed by atoms with Gasteiger partial charge in [-0.3, -0.25) is 4.79 Å². The van der Waals surface area contributed by atoms with Crippen molar-refractivity contribution in [1.29, 1.82) is 0 Å². The molecule has 2 N–H and O–H groups in total. The van der Waals surface area contributed by atoms with Crippen LogP contribution in [0.15, 0.2) is 12.1 Å². The molecule has 1 amide bonds. The van der Waals surface area contributed by atoms with Gasteiger partial charge in [0.05, 0.1) is 6.42 Å². The topological polar surface area (TPSA) is 43.1 Å². The van der Waals surface area contributed by atoms with Crippen LogP contribution in [0.5, 0.6) is 0 Å². The zero-order valence-corrected chi connectivity index (χ0v) is 10.0. The van der Waals surface area contributed by atoms with E-state index in [9.17, 15) is 4.79 Å². The quantitative estimate of drug-likeness (QED) is 0.829. The monoisotopic (exact) mass is 217 g/mol. The van der Waals surface area contributed by atoms with E-state index in [1.807, 2.05) is 0 Å². The number of hydrogen-bond donors (Lipinski definition) is 1. The minimum absolute atomic E-state index is 0.236. The van der Waals surface area contributed by atoms with Crippen LogP contribution in [0.1, 0.15) is 48.4 Å². The maximum absolute atomic E-state index is 11.1. The number of benzene rings is 1. The van der Waals surface area contributed by atoms with Gasteiger partial charge in [-0.2, -0.15) is 0 Å². The second-order valence-electron chi connectivity index (χ2n) is 4.97. The summed E-state index contributed by atoms with van der Waals surface area (Å²) in [6.07, 6.45) is 3.96. The summed E-state index contributed by atoms with van der Waals surface area (Å²) >= 11 is 0. The van der Waals surface area contributed by atoms with Crippen molar-refractivity contribution in [2.75, 3.05) is 0 Å². The molecule has 1 aromatic carbocycles. The number of carbonyl (C=O) groups is 1. The summed E-state index contributed by atoms with van der Waals surface area (Å²) in [6, 6.07) is 4.48. The highest BCUT2D eigenvalue weighted by molar-refractivity contribution is 5.77. The van der Waals surface area contributed by atoms with Crippen molar-refractivity contribution >= 4 is 5.91 Å². The number of primary amides is 1.